The second-order valence-corrected chi connectivity index (χ2v) is 6.48. The third-order valence-electron chi connectivity index (χ3n) is 3.27. The van der Waals surface area contributed by atoms with Crippen molar-refractivity contribution >= 4 is 10.0 Å². The van der Waals surface area contributed by atoms with E-state index in [1.54, 1.807) is 0 Å². The first-order chi connectivity index (χ1) is 10.1. The van der Waals surface area contributed by atoms with Crippen LogP contribution >= 0.6 is 0 Å². The Morgan fingerprint density at radius 2 is 2.05 bits per heavy atom. The first kappa shape index (κ1) is 14.1. The molecule has 0 aliphatic carbocycles. The van der Waals surface area contributed by atoms with Crippen LogP contribution in [0.15, 0.2) is 45.9 Å². The van der Waals surface area contributed by atoms with E-state index in [1.807, 2.05) is 24.3 Å². The summed E-state index contributed by atoms with van der Waals surface area (Å²) in [5.41, 5.74) is 1.07. The highest BCUT2D eigenvalue weighted by Crippen LogP contribution is 2.28. The molecule has 2 heterocycles. The average molecular weight is 309 g/mol. The SMILES string of the molecule is O=S(=O)(NCC1Cc2ccccc2O1)c1ccc(CO)o1. The van der Waals surface area contributed by atoms with Crippen LogP contribution in [0.25, 0.3) is 0 Å². The van der Waals surface area contributed by atoms with Gasteiger partial charge in [-0.15, -0.1) is 0 Å². The Morgan fingerprint density at radius 3 is 2.76 bits per heavy atom. The standard InChI is InChI=1S/C14H15NO5S/c16-9-11-5-6-14(20-11)21(17,18)15-8-12-7-10-3-1-2-4-13(10)19-12/h1-6,12,15-16H,7-9H2. The van der Waals surface area contributed by atoms with Gasteiger partial charge in [-0.25, -0.2) is 13.1 Å². The van der Waals surface area contributed by atoms with E-state index in [1.165, 1.54) is 12.1 Å². The van der Waals surface area contributed by atoms with Crippen molar-refractivity contribution in [2.45, 2.75) is 24.2 Å². The van der Waals surface area contributed by atoms with Gasteiger partial charge < -0.3 is 14.3 Å². The van der Waals surface area contributed by atoms with Gasteiger partial charge in [0.15, 0.2) is 0 Å². The molecule has 112 valence electrons. The van der Waals surface area contributed by atoms with Crippen molar-refractivity contribution in [2.24, 2.45) is 0 Å². The van der Waals surface area contributed by atoms with E-state index >= 15 is 0 Å². The minimum Gasteiger partial charge on any atom is -0.488 e. The molecule has 0 spiro atoms. The number of benzene rings is 1. The summed E-state index contributed by atoms with van der Waals surface area (Å²) >= 11 is 0. The molecular weight excluding hydrogens is 294 g/mol. The second-order valence-electron chi connectivity index (χ2n) is 4.78. The number of para-hydroxylation sites is 1. The molecule has 2 aromatic rings. The zero-order valence-corrected chi connectivity index (χ0v) is 12.0. The minimum atomic E-state index is -3.73. The number of nitrogens with one attached hydrogen (secondary N) is 1. The minimum absolute atomic E-state index is 0.159. The Hall–Kier alpha value is -1.83. The molecule has 2 N–H and O–H groups in total. The van der Waals surface area contributed by atoms with Gasteiger partial charge in [-0.2, -0.15) is 0 Å². The van der Waals surface area contributed by atoms with E-state index in [-0.39, 0.29) is 30.1 Å². The van der Waals surface area contributed by atoms with E-state index < -0.39 is 10.0 Å². The molecule has 1 aliphatic heterocycles. The Kier molecular flexibility index (Phi) is 3.71. The van der Waals surface area contributed by atoms with Crippen molar-refractivity contribution in [1.29, 1.82) is 0 Å². The maximum Gasteiger partial charge on any atom is 0.274 e. The number of aliphatic hydroxyl groups is 1. The van der Waals surface area contributed by atoms with Crippen LogP contribution in [0, 0.1) is 0 Å². The molecular formula is C14H15NO5S. The molecule has 1 atom stereocenters. The van der Waals surface area contributed by atoms with Crippen LogP contribution < -0.4 is 9.46 Å². The van der Waals surface area contributed by atoms with Crippen molar-refractivity contribution in [2.75, 3.05) is 6.54 Å². The van der Waals surface area contributed by atoms with Crippen LogP contribution in [0.2, 0.25) is 0 Å². The number of sulfonamides is 1. The van der Waals surface area contributed by atoms with E-state index in [0.717, 1.165) is 11.3 Å². The zero-order valence-electron chi connectivity index (χ0n) is 11.2. The van der Waals surface area contributed by atoms with E-state index in [9.17, 15) is 8.42 Å². The average Bonchev–Trinajstić information content (AvgIpc) is 3.11. The molecule has 0 radical (unpaired) electrons. The molecule has 1 aliphatic rings. The Balaban J connectivity index is 1.63. The number of hydrogen-bond donors (Lipinski definition) is 2. The number of furan rings is 1. The number of rotatable bonds is 5. The van der Waals surface area contributed by atoms with E-state index in [0.29, 0.717) is 6.42 Å². The molecule has 6 nitrogen and oxygen atoms in total. The maximum atomic E-state index is 12.0. The van der Waals surface area contributed by atoms with Gasteiger partial charge in [-0.05, 0) is 23.8 Å². The summed E-state index contributed by atoms with van der Waals surface area (Å²) in [6.07, 6.45) is 0.433. The van der Waals surface area contributed by atoms with E-state index in [2.05, 4.69) is 4.72 Å². The second kappa shape index (κ2) is 5.51. The summed E-state index contributed by atoms with van der Waals surface area (Å²) in [5.74, 6) is 1.00. The quantitative estimate of drug-likeness (QED) is 0.862. The van der Waals surface area contributed by atoms with E-state index in [4.69, 9.17) is 14.3 Å². The van der Waals surface area contributed by atoms with Gasteiger partial charge in [0.1, 0.15) is 24.2 Å². The highest BCUT2D eigenvalue weighted by atomic mass is 32.2. The summed E-state index contributed by atoms with van der Waals surface area (Å²) in [6, 6.07) is 10.4. The monoisotopic (exact) mass is 309 g/mol. The molecule has 1 aromatic heterocycles. The molecule has 0 bridgehead atoms. The largest absolute Gasteiger partial charge is 0.488 e. The maximum absolute atomic E-state index is 12.0. The first-order valence-electron chi connectivity index (χ1n) is 6.52. The van der Waals surface area contributed by atoms with Crippen molar-refractivity contribution in [3.63, 3.8) is 0 Å². The van der Waals surface area contributed by atoms with Crippen molar-refractivity contribution in [3.05, 3.63) is 47.7 Å². The number of fused-ring (bicyclic) bond motifs is 1. The fraction of sp³-hybridized carbons (Fsp3) is 0.286. The fourth-order valence-corrected chi connectivity index (χ4v) is 3.24. The summed E-state index contributed by atoms with van der Waals surface area (Å²) in [6.45, 7) is -0.178. The van der Waals surface area contributed by atoms with Gasteiger partial charge in [0.25, 0.3) is 10.0 Å². The van der Waals surface area contributed by atoms with Gasteiger partial charge in [-0.1, -0.05) is 18.2 Å². The molecule has 1 unspecified atom stereocenters. The van der Waals surface area contributed by atoms with Crippen LogP contribution in [-0.4, -0.2) is 26.2 Å². The molecule has 0 amide bonds. The summed E-state index contributed by atoms with van der Waals surface area (Å²) in [7, 11) is -3.73. The van der Waals surface area contributed by atoms with Crippen molar-refractivity contribution in [3.8, 4) is 5.75 Å². The third-order valence-corrected chi connectivity index (χ3v) is 4.57. The highest BCUT2D eigenvalue weighted by Gasteiger charge is 2.25. The molecule has 0 saturated carbocycles. The van der Waals surface area contributed by atoms with Crippen molar-refractivity contribution < 1.29 is 22.7 Å². The van der Waals surface area contributed by atoms with Gasteiger partial charge in [0.05, 0.1) is 0 Å². The normalized spacial score (nSPS) is 17.5. The molecule has 1 aromatic carbocycles. The topological polar surface area (TPSA) is 88.8 Å². The van der Waals surface area contributed by atoms with Crippen molar-refractivity contribution in [1.82, 2.24) is 4.72 Å². The van der Waals surface area contributed by atoms with Crippen LogP contribution in [0.3, 0.4) is 0 Å². The van der Waals surface area contributed by atoms with Gasteiger partial charge >= 0.3 is 0 Å². The predicted molar refractivity (Wildman–Crippen MR) is 74.4 cm³/mol. The molecule has 7 heteroatoms. The predicted octanol–water partition coefficient (Wildman–Crippen LogP) is 1.05. The summed E-state index contributed by atoms with van der Waals surface area (Å²) < 4.78 is 37.3. The fourth-order valence-electron chi connectivity index (χ4n) is 2.23. The highest BCUT2D eigenvalue weighted by molar-refractivity contribution is 7.89. The van der Waals surface area contributed by atoms with Crippen LogP contribution in [0.5, 0.6) is 5.75 Å². The Morgan fingerprint density at radius 1 is 1.24 bits per heavy atom. The number of ether oxygens (including phenoxy) is 1. The lowest BCUT2D eigenvalue weighted by molar-refractivity contribution is 0.232. The Bertz CT molecular complexity index is 712. The number of aliphatic hydroxyl groups excluding tert-OH is 1. The lowest BCUT2D eigenvalue weighted by atomic mass is 10.1. The molecule has 0 fully saturated rings. The smallest absolute Gasteiger partial charge is 0.274 e. The first-order valence-corrected chi connectivity index (χ1v) is 8.00. The Labute approximate surface area is 122 Å². The lowest BCUT2D eigenvalue weighted by Crippen LogP contribution is -2.34. The molecule has 21 heavy (non-hydrogen) atoms. The molecule has 0 saturated heterocycles. The van der Waals surface area contributed by atoms with Crippen LogP contribution in [-0.2, 0) is 23.1 Å². The summed E-state index contributed by atoms with van der Waals surface area (Å²) in [5, 5.41) is 8.68. The summed E-state index contributed by atoms with van der Waals surface area (Å²) in [4.78, 5) is 0. The van der Waals surface area contributed by atoms with Gasteiger partial charge in [0, 0.05) is 13.0 Å². The van der Waals surface area contributed by atoms with Crippen LogP contribution in [0.1, 0.15) is 11.3 Å². The lowest BCUT2D eigenvalue weighted by Gasteiger charge is -2.11. The third kappa shape index (κ3) is 2.94. The van der Waals surface area contributed by atoms with Gasteiger partial charge in [0.2, 0.25) is 5.09 Å². The zero-order chi connectivity index (χ0) is 14.9. The van der Waals surface area contributed by atoms with Gasteiger partial charge in [-0.3, -0.25) is 0 Å². The molecule has 3 rings (SSSR count). The number of hydrogen-bond acceptors (Lipinski definition) is 5. The van der Waals surface area contributed by atoms with Crippen LogP contribution in [0.4, 0.5) is 0 Å².